The van der Waals surface area contributed by atoms with Crippen molar-refractivity contribution in [2.75, 3.05) is 5.73 Å². The zero-order chi connectivity index (χ0) is 13.7. The number of nitrogens with two attached hydrogens (primary N) is 1. The fourth-order valence-electron chi connectivity index (χ4n) is 2.08. The number of aliphatic hydroxyl groups excluding tert-OH is 1. The molecule has 0 aliphatic heterocycles. The van der Waals surface area contributed by atoms with Crippen molar-refractivity contribution in [3.63, 3.8) is 0 Å². The lowest BCUT2D eigenvalue weighted by Gasteiger charge is -2.12. The molecule has 100 valence electrons. The Morgan fingerprint density at radius 3 is 2.42 bits per heavy atom. The van der Waals surface area contributed by atoms with Crippen LogP contribution >= 0.6 is 11.6 Å². The molecule has 2 aromatic rings. The molecule has 0 bridgehead atoms. The van der Waals surface area contributed by atoms with E-state index in [0.717, 1.165) is 24.1 Å². The lowest BCUT2D eigenvalue weighted by molar-refractivity contribution is 0.165. The van der Waals surface area contributed by atoms with E-state index in [0.29, 0.717) is 11.4 Å². The van der Waals surface area contributed by atoms with Gasteiger partial charge in [0.1, 0.15) is 0 Å². The first-order valence-corrected chi connectivity index (χ1v) is 6.81. The topological polar surface area (TPSA) is 46.2 Å². The van der Waals surface area contributed by atoms with E-state index in [2.05, 4.69) is 0 Å². The predicted octanol–water partition coefficient (Wildman–Crippen LogP) is 3.98. The summed E-state index contributed by atoms with van der Waals surface area (Å²) in [4.78, 5) is 0. The average Bonchev–Trinajstić information content (AvgIpc) is 2.41. The fraction of sp³-hybridized carbons (Fsp3) is 0.250. The standard InChI is InChI=1S/C16H18ClNO/c17-15-6-2-1-5-14(15)16(19)7-3-4-12-8-10-13(18)11-9-12/h1-2,5-6,8-11,16,19H,3-4,7,18H2/t16-/m1/s1. The van der Waals surface area contributed by atoms with Crippen molar-refractivity contribution in [2.45, 2.75) is 25.4 Å². The van der Waals surface area contributed by atoms with Gasteiger partial charge >= 0.3 is 0 Å². The minimum Gasteiger partial charge on any atom is -0.399 e. The number of hydrogen-bond donors (Lipinski definition) is 2. The maximum atomic E-state index is 10.1. The third-order valence-corrected chi connectivity index (χ3v) is 3.53. The van der Waals surface area contributed by atoms with Gasteiger partial charge in [0.2, 0.25) is 0 Å². The van der Waals surface area contributed by atoms with Crippen LogP contribution in [0.1, 0.15) is 30.1 Å². The van der Waals surface area contributed by atoms with Crippen molar-refractivity contribution in [2.24, 2.45) is 0 Å². The highest BCUT2D eigenvalue weighted by Gasteiger charge is 2.10. The molecule has 3 heteroatoms. The van der Waals surface area contributed by atoms with Crippen LogP contribution in [0, 0.1) is 0 Å². The van der Waals surface area contributed by atoms with Crippen LogP contribution in [0.4, 0.5) is 5.69 Å². The van der Waals surface area contributed by atoms with Gasteiger partial charge < -0.3 is 10.8 Å². The van der Waals surface area contributed by atoms with Gasteiger partial charge in [-0.3, -0.25) is 0 Å². The molecule has 0 heterocycles. The molecular formula is C16H18ClNO. The summed E-state index contributed by atoms with van der Waals surface area (Å²) in [6, 6.07) is 15.3. The second-order valence-corrected chi connectivity index (χ2v) is 5.08. The second kappa shape index (κ2) is 6.60. The monoisotopic (exact) mass is 275 g/mol. The minimum absolute atomic E-state index is 0.498. The summed E-state index contributed by atoms with van der Waals surface area (Å²) in [7, 11) is 0. The Morgan fingerprint density at radius 1 is 1.05 bits per heavy atom. The molecule has 0 fully saturated rings. The quantitative estimate of drug-likeness (QED) is 0.811. The Balaban J connectivity index is 1.86. The summed E-state index contributed by atoms with van der Waals surface area (Å²) in [5.74, 6) is 0. The van der Waals surface area contributed by atoms with Crippen LogP contribution in [-0.2, 0) is 6.42 Å². The molecular weight excluding hydrogens is 258 g/mol. The molecule has 0 spiro atoms. The number of aryl methyl sites for hydroxylation is 1. The highest BCUT2D eigenvalue weighted by Crippen LogP contribution is 2.26. The van der Waals surface area contributed by atoms with E-state index in [9.17, 15) is 5.11 Å². The van der Waals surface area contributed by atoms with Crippen LogP contribution in [0.5, 0.6) is 0 Å². The van der Waals surface area contributed by atoms with E-state index in [1.165, 1.54) is 5.56 Å². The normalized spacial score (nSPS) is 12.3. The van der Waals surface area contributed by atoms with Crippen molar-refractivity contribution in [3.8, 4) is 0 Å². The van der Waals surface area contributed by atoms with Gasteiger partial charge in [-0.1, -0.05) is 41.9 Å². The number of rotatable bonds is 5. The number of aliphatic hydroxyl groups is 1. The molecule has 2 rings (SSSR count). The zero-order valence-corrected chi connectivity index (χ0v) is 11.5. The summed E-state index contributed by atoms with van der Waals surface area (Å²) in [6.45, 7) is 0. The maximum Gasteiger partial charge on any atom is 0.0804 e. The third kappa shape index (κ3) is 3.98. The number of nitrogen functional groups attached to an aromatic ring is 1. The summed E-state index contributed by atoms with van der Waals surface area (Å²) < 4.78 is 0. The Bertz CT molecular complexity index is 525. The van der Waals surface area contributed by atoms with E-state index in [1.807, 2.05) is 42.5 Å². The lowest BCUT2D eigenvalue weighted by atomic mass is 10.0. The van der Waals surface area contributed by atoms with Gasteiger partial charge in [-0.15, -0.1) is 0 Å². The van der Waals surface area contributed by atoms with Crippen molar-refractivity contribution < 1.29 is 5.11 Å². The Kier molecular flexibility index (Phi) is 4.83. The molecule has 0 aromatic heterocycles. The van der Waals surface area contributed by atoms with Gasteiger partial charge in [0, 0.05) is 10.7 Å². The van der Waals surface area contributed by atoms with E-state index < -0.39 is 6.10 Å². The van der Waals surface area contributed by atoms with Crippen LogP contribution in [0.15, 0.2) is 48.5 Å². The summed E-state index contributed by atoms with van der Waals surface area (Å²) >= 11 is 6.06. The van der Waals surface area contributed by atoms with Crippen LogP contribution in [-0.4, -0.2) is 5.11 Å². The number of benzene rings is 2. The number of hydrogen-bond acceptors (Lipinski definition) is 2. The van der Waals surface area contributed by atoms with Crippen molar-refractivity contribution in [1.29, 1.82) is 0 Å². The molecule has 0 saturated carbocycles. The SMILES string of the molecule is Nc1ccc(CCC[C@@H](O)c2ccccc2Cl)cc1. The van der Waals surface area contributed by atoms with Gasteiger partial charge in [-0.2, -0.15) is 0 Å². The van der Waals surface area contributed by atoms with Gasteiger partial charge in [0.05, 0.1) is 6.10 Å². The molecule has 19 heavy (non-hydrogen) atoms. The van der Waals surface area contributed by atoms with Crippen LogP contribution in [0.25, 0.3) is 0 Å². The van der Waals surface area contributed by atoms with Gasteiger partial charge in [0.25, 0.3) is 0 Å². The molecule has 0 radical (unpaired) electrons. The molecule has 0 amide bonds. The minimum atomic E-state index is -0.498. The highest BCUT2D eigenvalue weighted by atomic mass is 35.5. The Labute approximate surface area is 118 Å². The van der Waals surface area contributed by atoms with Crippen LogP contribution < -0.4 is 5.73 Å². The number of anilines is 1. The zero-order valence-electron chi connectivity index (χ0n) is 10.7. The molecule has 0 unspecified atom stereocenters. The summed E-state index contributed by atoms with van der Waals surface area (Å²) in [5.41, 5.74) is 8.46. The highest BCUT2D eigenvalue weighted by molar-refractivity contribution is 6.31. The molecule has 0 aliphatic rings. The first kappa shape index (κ1) is 13.9. The molecule has 2 aromatic carbocycles. The fourth-order valence-corrected chi connectivity index (χ4v) is 2.35. The van der Waals surface area contributed by atoms with Gasteiger partial charge in [0.15, 0.2) is 0 Å². The van der Waals surface area contributed by atoms with Crippen molar-refractivity contribution in [1.82, 2.24) is 0 Å². The molecule has 2 nitrogen and oxygen atoms in total. The molecule has 0 aliphatic carbocycles. The van der Waals surface area contributed by atoms with Gasteiger partial charge in [-0.25, -0.2) is 0 Å². The van der Waals surface area contributed by atoms with E-state index in [1.54, 1.807) is 6.07 Å². The van der Waals surface area contributed by atoms with Gasteiger partial charge in [-0.05, 0) is 48.6 Å². The summed E-state index contributed by atoms with van der Waals surface area (Å²) in [5, 5.41) is 10.7. The third-order valence-electron chi connectivity index (χ3n) is 3.19. The van der Waals surface area contributed by atoms with Crippen LogP contribution in [0.2, 0.25) is 5.02 Å². The second-order valence-electron chi connectivity index (χ2n) is 4.67. The molecule has 0 saturated heterocycles. The maximum absolute atomic E-state index is 10.1. The lowest BCUT2D eigenvalue weighted by Crippen LogP contribution is -1.99. The van der Waals surface area contributed by atoms with Crippen molar-refractivity contribution >= 4 is 17.3 Å². The first-order valence-electron chi connectivity index (χ1n) is 6.44. The molecule has 3 N–H and O–H groups in total. The first-order chi connectivity index (χ1) is 9.16. The average molecular weight is 276 g/mol. The molecule has 1 atom stereocenters. The predicted molar refractivity (Wildman–Crippen MR) is 80.2 cm³/mol. The van der Waals surface area contributed by atoms with E-state index in [-0.39, 0.29) is 0 Å². The van der Waals surface area contributed by atoms with Crippen molar-refractivity contribution in [3.05, 3.63) is 64.7 Å². The van der Waals surface area contributed by atoms with E-state index >= 15 is 0 Å². The smallest absolute Gasteiger partial charge is 0.0804 e. The van der Waals surface area contributed by atoms with Crippen LogP contribution in [0.3, 0.4) is 0 Å². The number of halogens is 1. The largest absolute Gasteiger partial charge is 0.399 e. The van der Waals surface area contributed by atoms with E-state index in [4.69, 9.17) is 17.3 Å². The Hall–Kier alpha value is -1.51. The Morgan fingerprint density at radius 2 is 1.74 bits per heavy atom. The summed E-state index contributed by atoms with van der Waals surface area (Å²) in [6.07, 6.45) is 2.05.